The van der Waals surface area contributed by atoms with Crippen molar-refractivity contribution in [3.8, 4) is 0 Å². The van der Waals surface area contributed by atoms with Crippen LogP contribution >= 0.6 is 0 Å². The summed E-state index contributed by atoms with van der Waals surface area (Å²) in [6, 6.07) is 3.80. The molecule has 0 bridgehead atoms. The highest BCUT2D eigenvalue weighted by atomic mass is 16.5. The van der Waals surface area contributed by atoms with Crippen LogP contribution in [-0.2, 0) is 16.0 Å². The molecular weight excluding hydrogens is 204 g/mol. The SMILES string of the molecule is CCc1ccc(/C=C/C(=O)CCCOC)o1. The average Bonchev–Trinajstić information content (AvgIpc) is 2.74. The van der Waals surface area contributed by atoms with E-state index in [2.05, 4.69) is 0 Å². The molecule has 0 fully saturated rings. The van der Waals surface area contributed by atoms with Gasteiger partial charge in [0.1, 0.15) is 11.5 Å². The molecule has 1 rings (SSSR count). The zero-order valence-electron chi connectivity index (χ0n) is 9.86. The maximum atomic E-state index is 11.4. The van der Waals surface area contributed by atoms with E-state index in [1.54, 1.807) is 19.3 Å². The Morgan fingerprint density at radius 2 is 2.31 bits per heavy atom. The third-order valence-corrected chi connectivity index (χ3v) is 2.24. The number of rotatable bonds is 7. The number of methoxy groups -OCH3 is 1. The molecule has 88 valence electrons. The third-order valence-electron chi connectivity index (χ3n) is 2.24. The first-order valence-corrected chi connectivity index (χ1v) is 5.54. The van der Waals surface area contributed by atoms with Crippen molar-refractivity contribution in [3.63, 3.8) is 0 Å². The van der Waals surface area contributed by atoms with E-state index in [1.165, 1.54) is 0 Å². The van der Waals surface area contributed by atoms with Gasteiger partial charge in [0, 0.05) is 26.6 Å². The summed E-state index contributed by atoms with van der Waals surface area (Å²) in [4.78, 5) is 11.4. The third kappa shape index (κ3) is 4.45. The lowest BCUT2D eigenvalue weighted by Gasteiger charge is -1.94. The maximum absolute atomic E-state index is 11.4. The Bertz CT molecular complexity index is 350. The van der Waals surface area contributed by atoms with Crippen LogP contribution in [0.15, 0.2) is 22.6 Å². The Morgan fingerprint density at radius 1 is 1.50 bits per heavy atom. The summed E-state index contributed by atoms with van der Waals surface area (Å²) < 4.78 is 10.3. The molecule has 0 N–H and O–H groups in total. The molecule has 0 spiro atoms. The molecule has 3 heteroatoms. The lowest BCUT2D eigenvalue weighted by molar-refractivity contribution is -0.114. The van der Waals surface area contributed by atoms with Crippen LogP contribution in [-0.4, -0.2) is 19.5 Å². The maximum Gasteiger partial charge on any atom is 0.155 e. The highest BCUT2D eigenvalue weighted by Crippen LogP contribution is 2.10. The molecule has 0 amide bonds. The second-order valence-corrected chi connectivity index (χ2v) is 3.55. The molecule has 0 atom stereocenters. The van der Waals surface area contributed by atoms with E-state index in [0.29, 0.717) is 13.0 Å². The van der Waals surface area contributed by atoms with Gasteiger partial charge in [0.05, 0.1) is 0 Å². The molecule has 0 saturated heterocycles. The van der Waals surface area contributed by atoms with Gasteiger partial charge in [0.15, 0.2) is 5.78 Å². The molecule has 1 aromatic rings. The van der Waals surface area contributed by atoms with E-state index >= 15 is 0 Å². The topological polar surface area (TPSA) is 39.4 Å². The number of carbonyl (C=O) groups is 1. The second kappa shape index (κ2) is 7.01. The van der Waals surface area contributed by atoms with Gasteiger partial charge in [-0.15, -0.1) is 0 Å². The second-order valence-electron chi connectivity index (χ2n) is 3.55. The summed E-state index contributed by atoms with van der Waals surface area (Å²) in [6.45, 7) is 2.66. The van der Waals surface area contributed by atoms with Crippen molar-refractivity contribution < 1.29 is 13.9 Å². The summed E-state index contributed by atoms with van der Waals surface area (Å²) >= 11 is 0. The van der Waals surface area contributed by atoms with Gasteiger partial charge in [-0.25, -0.2) is 0 Å². The van der Waals surface area contributed by atoms with Gasteiger partial charge < -0.3 is 9.15 Å². The lowest BCUT2D eigenvalue weighted by atomic mass is 10.2. The quantitative estimate of drug-likeness (QED) is 0.526. The van der Waals surface area contributed by atoms with Crippen LogP contribution in [0.1, 0.15) is 31.3 Å². The van der Waals surface area contributed by atoms with Crippen LogP contribution in [0, 0.1) is 0 Å². The molecule has 1 aromatic heterocycles. The molecule has 0 aliphatic heterocycles. The fraction of sp³-hybridized carbons (Fsp3) is 0.462. The van der Waals surface area contributed by atoms with E-state index in [0.717, 1.165) is 24.4 Å². The molecule has 0 unspecified atom stereocenters. The smallest absolute Gasteiger partial charge is 0.155 e. The predicted octanol–water partition coefficient (Wildman–Crippen LogP) is 2.85. The van der Waals surface area contributed by atoms with Crippen molar-refractivity contribution in [1.29, 1.82) is 0 Å². The number of hydrogen-bond donors (Lipinski definition) is 0. The number of ketones is 1. The Labute approximate surface area is 96.1 Å². The molecule has 16 heavy (non-hydrogen) atoms. The van der Waals surface area contributed by atoms with Gasteiger partial charge >= 0.3 is 0 Å². The number of ether oxygens (including phenoxy) is 1. The Morgan fingerprint density at radius 3 is 2.94 bits per heavy atom. The van der Waals surface area contributed by atoms with Gasteiger partial charge in [0.2, 0.25) is 0 Å². The molecule has 0 aliphatic carbocycles. The summed E-state index contributed by atoms with van der Waals surface area (Å²) in [5.74, 6) is 1.77. The zero-order valence-corrected chi connectivity index (χ0v) is 9.86. The Kier molecular flexibility index (Phi) is 5.57. The average molecular weight is 222 g/mol. The number of aryl methyl sites for hydroxylation is 1. The summed E-state index contributed by atoms with van der Waals surface area (Å²) in [7, 11) is 1.63. The standard InChI is InChI=1S/C13H18O3/c1-3-12-8-9-13(16-12)7-6-11(14)5-4-10-15-2/h6-9H,3-5,10H2,1-2H3/b7-6+. The van der Waals surface area contributed by atoms with Crippen molar-refractivity contribution >= 4 is 11.9 Å². The van der Waals surface area contributed by atoms with Crippen molar-refractivity contribution in [2.24, 2.45) is 0 Å². The van der Waals surface area contributed by atoms with Crippen LogP contribution in [0.2, 0.25) is 0 Å². The first kappa shape index (κ1) is 12.7. The van der Waals surface area contributed by atoms with Crippen molar-refractivity contribution in [2.45, 2.75) is 26.2 Å². The molecular formula is C13H18O3. The highest BCUT2D eigenvalue weighted by molar-refractivity contribution is 5.93. The normalized spacial score (nSPS) is 11.1. The summed E-state index contributed by atoms with van der Waals surface area (Å²) in [5.41, 5.74) is 0. The van der Waals surface area contributed by atoms with Gasteiger partial charge in [-0.3, -0.25) is 4.79 Å². The van der Waals surface area contributed by atoms with E-state index in [1.807, 2.05) is 19.1 Å². The monoisotopic (exact) mass is 222 g/mol. The van der Waals surface area contributed by atoms with Crippen LogP contribution in [0.3, 0.4) is 0 Å². The van der Waals surface area contributed by atoms with Crippen molar-refractivity contribution in [2.75, 3.05) is 13.7 Å². The minimum Gasteiger partial charge on any atom is -0.462 e. The molecule has 1 heterocycles. The van der Waals surface area contributed by atoms with Crippen LogP contribution in [0.5, 0.6) is 0 Å². The number of hydrogen-bond acceptors (Lipinski definition) is 3. The largest absolute Gasteiger partial charge is 0.462 e. The zero-order chi connectivity index (χ0) is 11.8. The van der Waals surface area contributed by atoms with E-state index in [-0.39, 0.29) is 5.78 Å². The van der Waals surface area contributed by atoms with E-state index in [4.69, 9.17) is 9.15 Å². The molecule has 0 aliphatic rings. The Hall–Kier alpha value is -1.35. The van der Waals surface area contributed by atoms with Crippen LogP contribution in [0.25, 0.3) is 6.08 Å². The number of furan rings is 1. The molecule has 0 saturated carbocycles. The van der Waals surface area contributed by atoms with Gasteiger partial charge in [-0.05, 0) is 30.7 Å². The van der Waals surface area contributed by atoms with Crippen molar-refractivity contribution in [3.05, 3.63) is 29.7 Å². The minimum absolute atomic E-state index is 0.103. The predicted molar refractivity (Wildman–Crippen MR) is 63.2 cm³/mol. The van der Waals surface area contributed by atoms with E-state index < -0.39 is 0 Å². The minimum atomic E-state index is 0.103. The van der Waals surface area contributed by atoms with E-state index in [9.17, 15) is 4.79 Å². The molecule has 0 radical (unpaired) electrons. The molecule has 3 nitrogen and oxygen atoms in total. The first-order chi connectivity index (χ1) is 7.76. The summed E-state index contributed by atoms with van der Waals surface area (Å²) in [5, 5.41) is 0. The highest BCUT2D eigenvalue weighted by Gasteiger charge is 1.99. The fourth-order valence-corrected chi connectivity index (χ4v) is 1.32. The number of carbonyl (C=O) groups excluding carboxylic acids is 1. The lowest BCUT2D eigenvalue weighted by Crippen LogP contribution is -1.96. The van der Waals surface area contributed by atoms with Crippen LogP contribution in [0.4, 0.5) is 0 Å². The van der Waals surface area contributed by atoms with Crippen LogP contribution < -0.4 is 0 Å². The van der Waals surface area contributed by atoms with Gasteiger partial charge in [-0.2, -0.15) is 0 Å². The van der Waals surface area contributed by atoms with Gasteiger partial charge in [0.25, 0.3) is 0 Å². The number of allylic oxidation sites excluding steroid dienone is 1. The van der Waals surface area contributed by atoms with Gasteiger partial charge in [-0.1, -0.05) is 6.92 Å². The van der Waals surface area contributed by atoms with Crippen molar-refractivity contribution in [1.82, 2.24) is 0 Å². The summed E-state index contributed by atoms with van der Waals surface area (Å²) in [6.07, 6.45) is 5.43. The molecule has 0 aromatic carbocycles. The Balaban J connectivity index is 2.37. The fourth-order valence-electron chi connectivity index (χ4n) is 1.32. The first-order valence-electron chi connectivity index (χ1n) is 5.54.